The minimum atomic E-state index is -0.794. The normalized spacial score (nSPS) is 12.5. The highest BCUT2D eigenvalue weighted by molar-refractivity contribution is 5.92. The minimum absolute atomic E-state index is 0.161. The minimum Gasteiger partial charge on any atom is -0.357 e. The predicted octanol–water partition coefficient (Wildman–Crippen LogP) is 3.15. The Hall–Kier alpha value is -3.71. The molecule has 0 radical (unpaired) electrons. The number of hydroxylamine groups is 1. The molecule has 0 aliphatic heterocycles. The molecule has 0 spiro atoms. The summed E-state index contributed by atoms with van der Waals surface area (Å²) in [6.07, 6.45) is 2.06. The van der Waals surface area contributed by atoms with Crippen LogP contribution >= 0.6 is 0 Å². The molecule has 0 saturated carbocycles. The van der Waals surface area contributed by atoms with Gasteiger partial charge in [-0.25, -0.2) is 5.48 Å². The first kappa shape index (κ1) is 24.9. The second-order valence-corrected chi connectivity index (χ2v) is 8.33. The van der Waals surface area contributed by atoms with E-state index in [0.717, 1.165) is 28.3 Å². The molecule has 34 heavy (non-hydrogen) atoms. The Morgan fingerprint density at radius 1 is 0.882 bits per heavy atom. The lowest BCUT2D eigenvalue weighted by atomic mass is 9.94. The van der Waals surface area contributed by atoms with Gasteiger partial charge in [0, 0.05) is 25.8 Å². The van der Waals surface area contributed by atoms with E-state index < -0.39 is 17.9 Å². The van der Waals surface area contributed by atoms with E-state index in [2.05, 4.69) is 10.6 Å². The molecule has 3 rings (SSSR count). The summed E-state index contributed by atoms with van der Waals surface area (Å²) in [5.41, 5.74) is 3.70. The Labute approximate surface area is 199 Å². The van der Waals surface area contributed by atoms with Gasteiger partial charge in [0.25, 0.3) is 0 Å². The summed E-state index contributed by atoms with van der Waals surface area (Å²) in [6, 6.07) is 22.9. The van der Waals surface area contributed by atoms with Crippen molar-refractivity contribution in [1.82, 2.24) is 16.1 Å². The van der Waals surface area contributed by atoms with Crippen LogP contribution in [0.4, 0.5) is 0 Å². The van der Waals surface area contributed by atoms with Crippen LogP contribution in [-0.4, -0.2) is 36.0 Å². The molecule has 7 heteroatoms. The molecule has 0 aliphatic carbocycles. The SMILES string of the molecule is CNC(=O)[C@H](Cc1cccc2ccccc12)NC(=O)[C@H](CCCc1ccccc1)CC(=O)NO. The Kier molecular flexibility index (Phi) is 9.17. The Morgan fingerprint density at radius 2 is 1.59 bits per heavy atom. The number of likely N-dealkylation sites (N-methyl/N-ethyl adjacent to an activating group) is 1. The molecule has 0 saturated heterocycles. The van der Waals surface area contributed by atoms with Gasteiger partial charge in [-0.15, -0.1) is 0 Å². The predicted molar refractivity (Wildman–Crippen MR) is 131 cm³/mol. The molecule has 0 aliphatic rings. The number of amides is 3. The van der Waals surface area contributed by atoms with Gasteiger partial charge in [-0.1, -0.05) is 72.8 Å². The highest BCUT2D eigenvalue weighted by Gasteiger charge is 2.27. The highest BCUT2D eigenvalue weighted by atomic mass is 16.5. The van der Waals surface area contributed by atoms with Crippen molar-refractivity contribution in [3.05, 3.63) is 83.9 Å². The standard InChI is InChI=1S/C27H31N3O4/c1-28-27(33)24(17-21-14-8-13-20-12-5-6-16-23(20)21)29-26(32)22(18-25(31)30-34)15-7-11-19-9-3-2-4-10-19/h2-6,8-10,12-14,16,22,24,34H,7,11,15,17-18H2,1H3,(H,28,33)(H,29,32)(H,30,31)/t22-,24+/m1/s1. The molecule has 3 aromatic rings. The number of carbonyl (C=O) groups excluding carboxylic acids is 3. The van der Waals surface area contributed by atoms with E-state index in [9.17, 15) is 14.4 Å². The lowest BCUT2D eigenvalue weighted by Gasteiger charge is -2.22. The van der Waals surface area contributed by atoms with Gasteiger partial charge in [-0.3, -0.25) is 19.6 Å². The number of fused-ring (bicyclic) bond motifs is 1. The number of hydrogen-bond donors (Lipinski definition) is 4. The van der Waals surface area contributed by atoms with E-state index >= 15 is 0 Å². The van der Waals surface area contributed by atoms with E-state index in [0.29, 0.717) is 19.3 Å². The monoisotopic (exact) mass is 461 g/mol. The van der Waals surface area contributed by atoms with Crippen LogP contribution < -0.4 is 16.1 Å². The Morgan fingerprint density at radius 3 is 2.32 bits per heavy atom. The third kappa shape index (κ3) is 6.89. The van der Waals surface area contributed by atoms with Crippen molar-refractivity contribution in [3.8, 4) is 0 Å². The maximum absolute atomic E-state index is 13.2. The zero-order valence-corrected chi connectivity index (χ0v) is 19.3. The zero-order valence-electron chi connectivity index (χ0n) is 19.3. The highest BCUT2D eigenvalue weighted by Crippen LogP contribution is 2.21. The van der Waals surface area contributed by atoms with Crippen molar-refractivity contribution in [2.45, 2.75) is 38.1 Å². The molecule has 0 fully saturated rings. The molecule has 2 atom stereocenters. The molecule has 4 N–H and O–H groups in total. The van der Waals surface area contributed by atoms with Gasteiger partial charge in [-0.2, -0.15) is 0 Å². The van der Waals surface area contributed by atoms with Crippen molar-refractivity contribution in [3.63, 3.8) is 0 Å². The number of carbonyl (C=O) groups is 3. The number of hydrogen-bond acceptors (Lipinski definition) is 4. The van der Waals surface area contributed by atoms with Gasteiger partial charge < -0.3 is 10.6 Å². The van der Waals surface area contributed by atoms with Crippen LogP contribution in [0.2, 0.25) is 0 Å². The van der Waals surface area contributed by atoms with Crippen LogP contribution in [0.25, 0.3) is 10.8 Å². The van der Waals surface area contributed by atoms with Crippen LogP contribution in [-0.2, 0) is 27.2 Å². The maximum Gasteiger partial charge on any atom is 0.244 e. The van der Waals surface area contributed by atoms with Crippen LogP contribution in [0.1, 0.15) is 30.4 Å². The van der Waals surface area contributed by atoms with Crippen molar-refractivity contribution < 1.29 is 19.6 Å². The average molecular weight is 462 g/mol. The van der Waals surface area contributed by atoms with Crippen LogP contribution in [0, 0.1) is 5.92 Å². The first-order valence-corrected chi connectivity index (χ1v) is 11.5. The van der Waals surface area contributed by atoms with Gasteiger partial charge >= 0.3 is 0 Å². The van der Waals surface area contributed by atoms with Crippen LogP contribution in [0.5, 0.6) is 0 Å². The van der Waals surface area contributed by atoms with E-state index in [1.54, 1.807) is 5.48 Å². The quantitative estimate of drug-likeness (QED) is 0.260. The summed E-state index contributed by atoms with van der Waals surface area (Å²) in [7, 11) is 1.53. The summed E-state index contributed by atoms with van der Waals surface area (Å²) in [6.45, 7) is 0. The lowest BCUT2D eigenvalue weighted by Crippen LogP contribution is -2.49. The maximum atomic E-state index is 13.2. The molecular weight excluding hydrogens is 430 g/mol. The Balaban J connectivity index is 1.73. The van der Waals surface area contributed by atoms with E-state index in [1.165, 1.54) is 7.05 Å². The number of nitrogens with one attached hydrogen (secondary N) is 3. The summed E-state index contributed by atoms with van der Waals surface area (Å²) in [5.74, 6) is -2.00. The first-order valence-electron chi connectivity index (χ1n) is 11.5. The summed E-state index contributed by atoms with van der Waals surface area (Å²) < 4.78 is 0. The fourth-order valence-corrected chi connectivity index (χ4v) is 4.16. The Bertz CT molecular complexity index is 1110. The van der Waals surface area contributed by atoms with E-state index in [4.69, 9.17) is 5.21 Å². The second-order valence-electron chi connectivity index (χ2n) is 8.33. The number of benzene rings is 3. The van der Waals surface area contributed by atoms with Gasteiger partial charge in [0.05, 0.1) is 0 Å². The molecule has 0 aromatic heterocycles. The number of aryl methyl sites for hydroxylation is 1. The fraction of sp³-hybridized carbons (Fsp3) is 0.296. The van der Waals surface area contributed by atoms with Gasteiger partial charge in [0.2, 0.25) is 17.7 Å². The third-order valence-electron chi connectivity index (χ3n) is 5.97. The topological polar surface area (TPSA) is 108 Å². The molecule has 178 valence electrons. The largest absolute Gasteiger partial charge is 0.357 e. The fourth-order valence-electron chi connectivity index (χ4n) is 4.16. The summed E-state index contributed by atoms with van der Waals surface area (Å²) >= 11 is 0. The van der Waals surface area contributed by atoms with Crippen molar-refractivity contribution in [2.24, 2.45) is 5.92 Å². The first-order chi connectivity index (χ1) is 16.5. The smallest absolute Gasteiger partial charge is 0.244 e. The third-order valence-corrected chi connectivity index (χ3v) is 5.97. The van der Waals surface area contributed by atoms with Crippen molar-refractivity contribution in [1.29, 1.82) is 0 Å². The van der Waals surface area contributed by atoms with E-state index in [-0.39, 0.29) is 18.2 Å². The molecule has 0 unspecified atom stereocenters. The molecule has 3 amide bonds. The van der Waals surface area contributed by atoms with Crippen molar-refractivity contribution >= 4 is 28.5 Å². The second kappa shape index (κ2) is 12.5. The average Bonchev–Trinajstić information content (AvgIpc) is 2.87. The molecular formula is C27H31N3O4. The molecule has 3 aromatic carbocycles. The van der Waals surface area contributed by atoms with Crippen molar-refractivity contribution in [2.75, 3.05) is 7.05 Å². The number of rotatable bonds is 11. The zero-order chi connectivity index (χ0) is 24.3. The van der Waals surface area contributed by atoms with Gasteiger partial charge in [0.15, 0.2) is 0 Å². The summed E-state index contributed by atoms with van der Waals surface area (Å²) in [5, 5.41) is 16.5. The van der Waals surface area contributed by atoms with Gasteiger partial charge in [-0.05, 0) is 41.2 Å². The molecule has 7 nitrogen and oxygen atoms in total. The lowest BCUT2D eigenvalue weighted by molar-refractivity contribution is -0.136. The van der Waals surface area contributed by atoms with Crippen LogP contribution in [0.15, 0.2) is 72.8 Å². The summed E-state index contributed by atoms with van der Waals surface area (Å²) in [4.78, 5) is 37.7. The van der Waals surface area contributed by atoms with E-state index in [1.807, 2.05) is 72.8 Å². The molecule has 0 heterocycles. The molecule has 0 bridgehead atoms. The van der Waals surface area contributed by atoms with Crippen LogP contribution in [0.3, 0.4) is 0 Å². The van der Waals surface area contributed by atoms with Gasteiger partial charge in [0.1, 0.15) is 6.04 Å².